The monoisotopic (exact) mass is 274 g/mol. The van der Waals surface area contributed by atoms with Crippen LogP contribution in [0.3, 0.4) is 0 Å². The Balaban J connectivity index is 1.73. The smallest absolute Gasteiger partial charge is 0.227 e. The molecule has 0 spiro atoms. The van der Waals surface area contributed by atoms with E-state index >= 15 is 0 Å². The van der Waals surface area contributed by atoms with Crippen LogP contribution in [0.25, 0.3) is 0 Å². The van der Waals surface area contributed by atoms with Gasteiger partial charge in [0.2, 0.25) is 5.91 Å². The summed E-state index contributed by atoms with van der Waals surface area (Å²) in [5.74, 6) is 1.79. The van der Waals surface area contributed by atoms with Gasteiger partial charge in [-0.1, -0.05) is 0 Å². The second kappa shape index (κ2) is 5.96. The Morgan fingerprint density at radius 1 is 1.20 bits per heavy atom. The largest absolute Gasteiger partial charge is 0.467 e. The van der Waals surface area contributed by atoms with E-state index in [0.717, 1.165) is 31.0 Å². The molecule has 0 radical (unpaired) electrons. The van der Waals surface area contributed by atoms with Crippen molar-refractivity contribution in [3.63, 3.8) is 0 Å². The highest BCUT2D eigenvalue weighted by atomic mass is 16.3. The van der Waals surface area contributed by atoms with Gasteiger partial charge >= 0.3 is 0 Å². The van der Waals surface area contributed by atoms with Crippen LogP contribution in [0.4, 0.5) is 0 Å². The summed E-state index contributed by atoms with van der Waals surface area (Å²) in [5, 5.41) is 3.23. The van der Waals surface area contributed by atoms with Gasteiger partial charge in [0.05, 0.1) is 31.5 Å². The van der Waals surface area contributed by atoms with Crippen molar-refractivity contribution in [3.05, 3.63) is 48.3 Å². The normalized spacial score (nSPS) is 18.3. The maximum Gasteiger partial charge on any atom is 0.227 e. The van der Waals surface area contributed by atoms with Crippen molar-refractivity contribution in [2.24, 2.45) is 5.92 Å². The second-order valence-electron chi connectivity index (χ2n) is 5.04. The number of nitrogens with zero attached hydrogens (tertiary/aromatic N) is 1. The number of hydrogen-bond donors (Lipinski definition) is 1. The summed E-state index contributed by atoms with van der Waals surface area (Å²) < 4.78 is 10.7. The molecule has 1 aliphatic rings. The van der Waals surface area contributed by atoms with Gasteiger partial charge in [-0.25, -0.2) is 0 Å². The van der Waals surface area contributed by atoms with E-state index in [9.17, 15) is 4.79 Å². The zero-order valence-corrected chi connectivity index (χ0v) is 11.2. The van der Waals surface area contributed by atoms with Gasteiger partial charge in [0.1, 0.15) is 11.5 Å². The van der Waals surface area contributed by atoms with E-state index < -0.39 is 0 Å². The van der Waals surface area contributed by atoms with Gasteiger partial charge in [-0.2, -0.15) is 0 Å². The van der Waals surface area contributed by atoms with Crippen LogP contribution in [-0.2, 0) is 17.9 Å². The fraction of sp³-hybridized carbons (Fsp3) is 0.400. The van der Waals surface area contributed by atoms with Crippen molar-refractivity contribution in [1.82, 2.24) is 10.2 Å². The molecule has 0 saturated carbocycles. The third-order valence-electron chi connectivity index (χ3n) is 3.57. The Bertz CT molecular complexity index is 491. The molecule has 2 aromatic heterocycles. The summed E-state index contributed by atoms with van der Waals surface area (Å²) in [6, 6.07) is 7.44. The van der Waals surface area contributed by atoms with E-state index in [1.807, 2.05) is 24.3 Å². The molecule has 0 bridgehead atoms. The van der Waals surface area contributed by atoms with E-state index in [0.29, 0.717) is 13.1 Å². The fourth-order valence-corrected chi connectivity index (χ4v) is 2.52. The molecular weight excluding hydrogens is 256 g/mol. The van der Waals surface area contributed by atoms with Gasteiger partial charge < -0.3 is 19.1 Å². The first kappa shape index (κ1) is 13.0. The molecule has 0 aromatic carbocycles. The lowest BCUT2D eigenvalue weighted by molar-refractivity contribution is -0.136. The molecule has 1 aliphatic heterocycles. The minimum absolute atomic E-state index is 0.0555. The second-order valence-corrected chi connectivity index (χ2v) is 5.04. The van der Waals surface area contributed by atoms with Crippen LogP contribution < -0.4 is 5.32 Å². The van der Waals surface area contributed by atoms with Crippen LogP contribution in [-0.4, -0.2) is 23.9 Å². The first-order valence-corrected chi connectivity index (χ1v) is 6.87. The van der Waals surface area contributed by atoms with E-state index in [2.05, 4.69) is 5.32 Å². The predicted octanol–water partition coefficient (Wildman–Crippen LogP) is 2.01. The van der Waals surface area contributed by atoms with Crippen molar-refractivity contribution in [2.45, 2.75) is 19.5 Å². The standard InChI is InChI=1S/C15H18N2O3/c18-15(12-5-6-16-9-12)17(10-13-3-1-7-19-13)11-14-4-2-8-20-14/h1-4,7-8,12,16H,5-6,9-11H2. The van der Waals surface area contributed by atoms with Crippen molar-refractivity contribution in [1.29, 1.82) is 0 Å². The van der Waals surface area contributed by atoms with Crippen molar-refractivity contribution >= 4 is 5.91 Å². The average molecular weight is 274 g/mol. The topological polar surface area (TPSA) is 58.6 Å². The summed E-state index contributed by atoms with van der Waals surface area (Å²) >= 11 is 0. The Kier molecular flexibility index (Phi) is 3.87. The van der Waals surface area contributed by atoms with Crippen LogP contribution >= 0.6 is 0 Å². The zero-order valence-electron chi connectivity index (χ0n) is 11.2. The van der Waals surface area contributed by atoms with Gasteiger partial charge in [0.15, 0.2) is 0 Å². The van der Waals surface area contributed by atoms with Crippen LogP contribution in [0.15, 0.2) is 45.6 Å². The highest BCUT2D eigenvalue weighted by Crippen LogP contribution is 2.17. The Labute approximate surface area is 117 Å². The SMILES string of the molecule is O=C(C1CCNC1)N(Cc1ccco1)Cc1ccco1. The maximum absolute atomic E-state index is 12.6. The number of furan rings is 2. The number of carbonyl (C=O) groups is 1. The molecule has 106 valence electrons. The van der Waals surface area contributed by atoms with Crippen LogP contribution in [0.1, 0.15) is 17.9 Å². The van der Waals surface area contributed by atoms with E-state index in [-0.39, 0.29) is 11.8 Å². The number of rotatable bonds is 5. The van der Waals surface area contributed by atoms with Crippen molar-refractivity contribution < 1.29 is 13.6 Å². The van der Waals surface area contributed by atoms with Crippen molar-refractivity contribution in [2.75, 3.05) is 13.1 Å². The summed E-state index contributed by atoms with van der Waals surface area (Å²) in [4.78, 5) is 14.4. The molecule has 1 atom stereocenters. The van der Waals surface area contributed by atoms with Gasteiger partial charge in [-0.3, -0.25) is 4.79 Å². The highest BCUT2D eigenvalue weighted by Gasteiger charge is 2.28. The summed E-state index contributed by atoms with van der Waals surface area (Å²) in [7, 11) is 0. The lowest BCUT2D eigenvalue weighted by Crippen LogP contribution is -2.36. The fourth-order valence-electron chi connectivity index (χ4n) is 2.52. The molecular formula is C15H18N2O3. The highest BCUT2D eigenvalue weighted by molar-refractivity contribution is 5.79. The lowest BCUT2D eigenvalue weighted by Gasteiger charge is -2.23. The molecule has 3 heterocycles. The van der Waals surface area contributed by atoms with E-state index in [4.69, 9.17) is 8.83 Å². The van der Waals surface area contributed by atoms with Gasteiger partial charge in [-0.15, -0.1) is 0 Å². The molecule has 1 amide bonds. The number of nitrogens with one attached hydrogen (secondary N) is 1. The molecule has 1 saturated heterocycles. The summed E-state index contributed by atoms with van der Waals surface area (Å²) in [6.07, 6.45) is 4.15. The van der Waals surface area contributed by atoms with Crippen molar-refractivity contribution in [3.8, 4) is 0 Å². The zero-order chi connectivity index (χ0) is 13.8. The number of amides is 1. The first-order valence-electron chi connectivity index (χ1n) is 6.87. The number of hydrogen-bond acceptors (Lipinski definition) is 4. The van der Waals surface area contributed by atoms with Crippen LogP contribution in [0.5, 0.6) is 0 Å². The molecule has 2 aromatic rings. The Hall–Kier alpha value is -2.01. The van der Waals surface area contributed by atoms with Crippen LogP contribution in [0, 0.1) is 5.92 Å². The van der Waals surface area contributed by atoms with E-state index in [1.54, 1.807) is 17.4 Å². The van der Waals surface area contributed by atoms with Gasteiger partial charge in [-0.05, 0) is 37.2 Å². The maximum atomic E-state index is 12.6. The average Bonchev–Trinajstić information content (AvgIpc) is 3.20. The third-order valence-corrected chi connectivity index (χ3v) is 3.57. The van der Waals surface area contributed by atoms with E-state index in [1.165, 1.54) is 0 Å². The molecule has 0 aliphatic carbocycles. The molecule has 5 heteroatoms. The quantitative estimate of drug-likeness (QED) is 0.906. The van der Waals surface area contributed by atoms with Gasteiger partial charge in [0, 0.05) is 6.54 Å². The molecule has 1 N–H and O–H groups in total. The number of carbonyl (C=O) groups excluding carboxylic acids is 1. The lowest BCUT2D eigenvalue weighted by atomic mass is 10.1. The minimum atomic E-state index is 0.0555. The minimum Gasteiger partial charge on any atom is -0.467 e. The molecule has 1 fully saturated rings. The third kappa shape index (κ3) is 2.93. The van der Waals surface area contributed by atoms with Gasteiger partial charge in [0.25, 0.3) is 0 Å². The molecule has 5 nitrogen and oxygen atoms in total. The summed E-state index contributed by atoms with van der Waals surface area (Å²) in [5.41, 5.74) is 0. The molecule has 20 heavy (non-hydrogen) atoms. The first-order chi connectivity index (χ1) is 9.83. The molecule has 3 rings (SSSR count). The van der Waals surface area contributed by atoms with Crippen LogP contribution in [0.2, 0.25) is 0 Å². The Morgan fingerprint density at radius 2 is 1.85 bits per heavy atom. The molecule has 1 unspecified atom stereocenters. The Morgan fingerprint density at radius 3 is 2.30 bits per heavy atom. The predicted molar refractivity (Wildman–Crippen MR) is 72.6 cm³/mol. The summed E-state index contributed by atoms with van der Waals surface area (Å²) in [6.45, 7) is 2.61.